The number of pyridine rings is 1. The summed E-state index contributed by atoms with van der Waals surface area (Å²) in [6.07, 6.45) is 5.09. The minimum Gasteiger partial charge on any atom is -0.288 e. The second kappa shape index (κ2) is 8.99. The number of halogens is 2. The van der Waals surface area contributed by atoms with Crippen LogP contribution >= 0.6 is 0 Å². The molecule has 33 heavy (non-hydrogen) atoms. The van der Waals surface area contributed by atoms with Crippen molar-refractivity contribution in [2.75, 3.05) is 10.5 Å². The van der Waals surface area contributed by atoms with Crippen LogP contribution in [-0.4, -0.2) is 34.9 Å². The van der Waals surface area contributed by atoms with Gasteiger partial charge in [0.25, 0.3) is 0 Å². The molecule has 0 bridgehead atoms. The van der Waals surface area contributed by atoms with Crippen molar-refractivity contribution in [3.05, 3.63) is 83.8 Å². The summed E-state index contributed by atoms with van der Waals surface area (Å²) in [4.78, 5) is 25.8. The van der Waals surface area contributed by atoms with E-state index in [4.69, 9.17) is 0 Å². The van der Waals surface area contributed by atoms with Crippen LogP contribution in [0.25, 0.3) is 22.3 Å². The molecule has 0 unspecified atom stereocenters. The van der Waals surface area contributed by atoms with Crippen LogP contribution in [0.15, 0.2) is 61.1 Å². The first-order chi connectivity index (χ1) is 15.8. The molecule has 0 atom stereocenters. The average molecular weight is 468 g/mol. The molecule has 1 N–H and O–H groups in total. The maximum Gasteiger partial charge on any atom is 0.232 e. The van der Waals surface area contributed by atoms with Crippen molar-refractivity contribution in [3.8, 4) is 11.3 Å². The number of hydrogen-bond donors (Lipinski definition) is 1. The lowest BCUT2D eigenvalue weighted by Crippen LogP contribution is -2.18. The standard InChI is InChI=1S/C23H18F2N4O3S/c1-2-11-33(31,32)29-18-6-4-16(24)21(22(18)25)23(30)15-3-5-17-19(12-15)28-20(13-27-17)14-7-9-26-10-8-14/h3-10,12-13,29H,2,11H2,1H3. The van der Waals surface area contributed by atoms with Crippen LogP contribution in [0, 0.1) is 11.6 Å². The Morgan fingerprint density at radius 2 is 1.79 bits per heavy atom. The van der Waals surface area contributed by atoms with Crippen LogP contribution in [0.3, 0.4) is 0 Å². The molecule has 0 amide bonds. The van der Waals surface area contributed by atoms with Gasteiger partial charge in [0.15, 0.2) is 11.6 Å². The largest absolute Gasteiger partial charge is 0.288 e. The highest BCUT2D eigenvalue weighted by atomic mass is 32.2. The predicted molar refractivity (Wildman–Crippen MR) is 120 cm³/mol. The number of ketones is 1. The molecule has 2 aromatic heterocycles. The number of sulfonamides is 1. The summed E-state index contributed by atoms with van der Waals surface area (Å²) in [6, 6.07) is 9.60. The van der Waals surface area contributed by atoms with Crippen LogP contribution in [0.5, 0.6) is 0 Å². The van der Waals surface area contributed by atoms with Gasteiger partial charge in [0, 0.05) is 23.5 Å². The van der Waals surface area contributed by atoms with E-state index < -0.39 is 38.7 Å². The molecule has 0 aliphatic heterocycles. The Balaban J connectivity index is 1.74. The Morgan fingerprint density at radius 1 is 1.03 bits per heavy atom. The summed E-state index contributed by atoms with van der Waals surface area (Å²) in [5, 5.41) is 0. The fraction of sp³-hybridized carbons (Fsp3) is 0.130. The van der Waals surface area contributed by atoms with Gasteiger partial charge in [-0.1, -0.05) is 6.92 Å². The molecule has 0 saturated carbocycles. The Morgan fingerprint density at radius 3 is 2.52 bits per heavy atom. The van der Waals surface area contributed by atoms with Gasteiger partial charge in [-0.3, -0.25) is 19.5 Å². The van der Waals surface area contributed by atoms with Crippen molar-refractivity contribution < 1.29 is 22.0 Å². The van der Waals surface area contributed by atoms with E-state index in [2.05, 4.69) is 19.7 Å². The van der Waals surface area contributed by atoms with Gasteiger partial charge in [0.2, 0.25) is 10.0 Å². The van der Waals surface area contributed by atoms with Crippen molar-refractivity contribution in [1.29, 1.82) is 0 Å². The lowest BCUT2D eigenvalue weighted by atomic mass is 10.0. The molecule has 2 heterocycles. The van der Waals surface area contributed by atoms with Crippen molar-refractivity contribution in [1.82, 2.24) is 15.0 Å². The summed E-state index contributed by atoms with van der Waals surface area (Å²) >= 11 is 0. The second-order valence-corrected chi connectivity index (χ2v) is 9.07. The van der Waals surface area contributed by atoms with E-state index in [0.29, 0.717) is 23.1 Å². The summed E-state index contributed by atoms with van der Waals surface area (Å²) in [7, 11) is -3.83. The third-order valence-corrected chi connectivity index (χ3v) is 6.31. The zero-order chi connectivity index (χ0) is 23.6. The molecule has 168 valence electrons. The smallest absolute Gasteiger partial charge is 0.232 e. The molecular weight excluding hydrogens is 450 g/mol. The first-order valence-electron chi connectivity index (χ1n) is 9.99. The Labute approximate surface area is 188 Å². The van der Waals surface area contributed by atoms with Gasteiger partial charge < -0.3 is 0 Å². The van der Waals surface area contributed by atoms with Gasteiger partial charge in [-0.15, -0.1) is 0 Å². The van der Waals surface area contributed by atoms with E-state index in [0.717, 1.165) is 17.7 Å². The van der Waals surface area contributed by atoms with Gasteiger partial charge in [-0.05, 0) is 48.9 Å². The highest BCUT2D eigenvalue weighted by Crippen LogP contribution is 2.26. The van der Waals surface area contributed by atoms with Crippen LogP contribution in [-0.2, 0) is 10.0 Å². The van der Waals surface area contributed by atoms with E-state index in [9.17, 15) is 17.6 Å². The minimum absolute atomic E-state index is 0.0185. The normalized spacial score (nSPS) is 11.5. The fourth-order valence-electron chi connectivity index (χ4n) is 3.29. The summed E-state index contributed by atoms with van der Waals surface area (Å²) < 4.78 is 55.6. The number of carbonyl (C=O) groups is 1. The molecule has 0 radical (unpaired) electrons. The van der Waals surface area contributed by atoms with E-state index in [-0.39, 0.29) is 11.3 Å². The van der Waals surface area contributed by atoms with Gasteiger partial charge >= 0.3 is 0 Å². The number of nitrogens with zero attached hydrogens (tertiary/aromatic N) is 3. The van der Waals surface area contributed by atoms with Crippen LogP contribution in [0.1, 0.15) is 29.3 Å². The molecule has 7 nitrogen and oxygen atoms in total. The first kappa shape index (κ1) is 22.4. The molecule has 0 aliphatic carbocycles. The zero-order valence-electron chi connectivity index (χ0n) is 17.4. The van der Waals surface area contributed by atoms with Crippen molar-refractivity contribution in [2.24, 2.45) is 0 Å². The third kappa shape index (κ3) is 4.70. The average Bonchev–Trinajstić information content (AvgIpc) is 2.80. The van der Waals surface area contributed by atoms with Crippen molar-refractivity contribution >= 4 is 32.5 Å². The topological polar surface area (TPSA) is 102 Å². The molecule has 2 aromatic carbocycles. The van der Waals surface area contributed by atoms with E-state index in [1.54, 1.807) is 37.6 Å². The predicted octanol–water partition coefficient (Wildman–Crippen LogP) is 4.35. The van der Waals surface area contributed by atoms with E-state index in [1.807, 2.05) is 0 Å². The Bertz CT molecular complexity index is 1460. The quantitative estimate of drug-likeness (QED) is 0.405. The number of nitrogens with one attached hydrogen (secondary N) is 1. The molecule has 4 aromatic rings. The zero-order valence-corrected chi connectivity index (χ0v) is 18.2. The monoisotopic (exact) mass is 468 g/mol. The summed E-state index contributed by atoms with van der Waals surface area (Å²) in [5.41, 5.74) is 0.787. The molecule has 0 aliphatic rings. The molecule has 10 heteroatoms. The number of aromatic nitrogens is 3. The highest BCUT2D eigenvalue weighted by molar-refractivity contribution is 7.92. The summed E-state index contributed by atoms with van der Waals surface area (Å²) in [6.45, 7) is 1.65. The van der Waals surface area contributed by atoms with Gasteiger partial charge in [-0.25, -0.2) is 22.2 Å². The van der Waals surface area contributed by atoms with Gasteiger partial charge in [0.05, 0.1) is 39.9 Å². The SMILES string of the molecule is CCCS(=O)(=O)Nc1ccc(F)c(C(=O)c2ccc3ncc(-c4ccncc4)nc3c2)c1F. The minimum atomic E-state index is -3.83. The summed E-state index contributed by atoms with van der Waals surface area (Å²) in [5.74, 6) is -3.57. The van der Waals surface area contributed by atoms with Gasteiger partial charge in [-0.2, -0.15) is 0 Å². The number of anilines is 1. The lowest BCUT2D eigenvalue weighted by Gasteiger charge is -2.12. The number of benzene rings is 2. The maximum atomic E-state index is 15.0. The number of carbonyl (C=O) groups excluding carboxylic acids is 1. The Hall–Kier alpha value is -3.79. The second-order valence-electron chi connectivity index (χ2n) is 7.23. The fourth-order valence-corrected chi connectivity index (χ4v) is 4.42. The number of rotatable bonds is 7. The van der Waals surface area contributed by atoms with Crippen molar-refractivity contribution in [2.45, 2.75) is 13.3 Å². The van der Waals surface area contributed by atoms with E-state index >= 15 is 4.39 Å². The number of fused-ring (bicyclic) bond motifs is 1. The van der Waals surface area contributed by atoms with E-state index in [1.165, 1.54) is 18.2 Å². The van der Waals surface area contributed by atoms with Crippen LogP contribution < -0.4 is 4.72 Å². The molecule has 0 spiro atoms. The lowest BCUT2D eigenvalue weighted by molar-refractivity contribution is 0.103. The third-order valence-electron chi connectivity index (χ3n) is 4.84. The maximum absolute atomic E-state index is 15.0. The molecular formula is C23H18F2N4O3S. The first-order valence-corrected chi connectivity index (χ1v) is 11.6. The van der Waals surface area contributed by atoms with Gasteiger partial charge in [0.1, 0.15) is 5.82 Å². The van der Waals surface area contributed by atoms with Crippen LogP contribution in [0.2, 0.25) is 0 Å². The molecule has 4 rings (SSSR count). The van der Waals surface area contributed by atoms with Crippen LogP contribution in [0.4, 0.5) is 14.5 Å². The number of hydrogen-bond acceptors (Lipinski definition) is 6. The highest BCUT2D eigenvalue weighted by Gasteiger charge is 2.24. The van der Waals surface area contributed by atoms with Crippen molar-refractivity contribution in [3.63, 3.8) is 0 Å². The Kier molecular flexibility index (Phi) is 6.10. The molecule has 0 saturated heterocycles. The molecule has 0 fully saturated rings.